The number of nitrogens with one attached hydrogen (secondary N) is 2. The van der Waals surface area contributed by atoms with Gasteiger partial charge in [0.05, 0.1) is 11.4 Å². The third kappa shape index (κ3) is 4.14. The molecule has 2 heterocycles. The molecule has 0 radical (unpaired) electrons. The number of rotatable bonds is 6. The van der Waals surface area contributed by atoms with Crippen LogP contribution in [0.15, 0.2) is 33.0 Å². The van der Waals surface area contributed by atoms with E-state index in [-0.39, 0.29) is 0 Å². The summed E-state index contributed by atoms with van der Waals surface area (Å²) in [6.07, 6.45) is 0. The molecule has 2 N–H and O–H groups in total. The van der Waals surface area contributed by atoms with Gasteiger partial charge >= 0.3 is 0 Å². The summed E-state index contributed by atoms with van der Waals surface area (Å²) in [6, 6.07) is 2.64. The van der Waals surface area contributed by atoms with Crippen molar-refractivity contribution >= 4 is 44.6 Å². The topological polar surface area (TPSA) is 118 Å². The molecule has 3 aromatic rings. The summed E-state index contributed by atoms with van der Waals surface area (Å²) in [5.41, 5.74) is -4.20. The number of anilines is 2. The number of aromatic nitrogens is 1. The van der Waals surface area contributed by atoms with Gasteiger partial charge in [-0.25, -0.2) is 13.1 Å². The van der Waals surface area contributed by atoms with Gasteiger partial charge in [-0.05, 0) is 63.0 Å². The number of carbonyl (C=O) groups excluding carboxylic acids is 2. The van der Waals surface area contributed by atoms with Crippen LogP contribution in [-0.2, 0) is 10.0 Å². The summed E-state index contributed by atoms with van der Waals surface area (Å²) < 4.78 is 125. The summed E-state index contributed by atoms with van der Waals surface area (Å²) in [7, 11) is -4.86. The van der Waals surface area contributed by atoms with E-state index < -0.39 is 98.4 Å². The molecule has 0 unspecified atom stereocenters. The predicted molar refractivity (Wildman–Crippen MR) is 115 cm³/mol. The Morgan fingerprint density at radius 2 is 2.03 bits per heavy atom. The molecule has 8 nitrogen and oxygen atoms in total. The molecular weight excluding hydrogens is 426 g/mol. The van der Waals surface area contributed by atoms with E-state index in [0.717, 1.165) is 30.5 Å². The van der Waals surface area contributed by atoms with Crippen LogP contribution in [0.25, 0.3) is 0 Å². The summed E-state index contributed by atoms with van der Waals surface area (Å²) >= 11 is 0.574. The second-order valence-corrected chi connectivity index (χ2v) is 8.48. The van der Waals surface area contributed by atoms with Crippen molar-refractivity contribution in [3.63, 3.8) is 0 Å². The molecule has 2 aromatic heterocycles. The lowest BCUT2D eigenvalue weighted by Gasteiger charge is -2.14. The minimum Gasteiger partial charge on any atom is -0.337 e. The van der Waals surface area contributed by atoms with Crippen molar-refractivity contribution in [3.8, 4) is 0 Å². The van der Waals surface area contributed by atoms with Crippen molar-refractivity contribution in [1.82, 2.24) is 5.16 Å². The van der Waals surface area contributed by atoms with Gasteiger partial charge in [-0.1, -0.05) is 11.2 Å². The van der Waals surface area contributed by atoms with Crippen molar-refractivity contribution in [2.45, 2.75) is 39.2 Å². The molecule has 0 saturated carbocycles. The van der Waals surface area contributed by atoms with Gasteiger partial charge in [-0.2, -0.15) is 0 Å². The SMILES string of the molecule is [2H]C([2H])([2H])c1cc(C(C)=O)c(NC(=O)c2sccc2S(=O)(=O)Nc2onc(C([2H])([2H])[2H])c2C([2H])([2H])[2H])c(C([2H])([2H])[2H])c1. The highest BCUT2D eigenvalue weighted by atomic mass is 32.2. The van der Waals surface area contributed by atoms with E-state index in [4.69, 9.17) is 21.0 Å². The number of ketones is 1. The Hall–Kier alpha value is -2.98. The third-order valence-corrected chi connectivity index (χ3v) is 6.22. The molecule has 3 rings (SSSR count). The van der Waals surface area contributed by atoms with E-state index in [9.17, 15) is 18.0 Å². The maximum atomic E-state index is 13.3. The number of thiophene rings is 1. The number of amides is 1. The normalized spacial score (nSPS) is 19.0. The zero-order valence-electron chi connectivity index (χ0n) is 27.1. The van der Waals surface area contributed by atoms with Crippen molar-refractivity contribution in [3.05, 3.63) is 56.4 Å². The Morgan fingerprint density at radius 1 is 1.20 bits per heavy atom. The second-order valence-electron chi connectivity index (χ2n) is 5.91. The van der Waals surface area contributed by atoms with Crippen LogP contribution in [0.4, 0.5) is 11.6 Å². The third-order valence-electron chi connectivity index (χ3n) is 3.80. The predicted octanol–water partition coefficient (Wildman–Crippen LogP) is 4.23. The standard InChI is InChI=1S/C20H21N3O5S2/c1-10-8-11(2)17(15(9-10)14(5)24)21-19(25)18-16(6-7-29-18)30(26,27)23-20-12(3)13(4)22-28-20/h6-9,23H,1-5H3,(H,21,25)/i1D3,2D3,3D3,4D3. The molecule has 1 amide bonds. The molecule has 0 aliphatic heterocycles. The summed E-state index contributed by atoms with van der Waals surface area (Å²) in [6.45, 7) is -11.1. The average molecular weight is 460 g/mol. The molecule has 0 fully saturated rings. The number of carbonyl (C=O) groups is 2. The molecule has 0 atom stereocenters. The maximum Gasteiger partial charge on any atom is 0.267 e. The lowest BCUT2D eigenvalue weighted by Crippen LogP contribution is -2.20. The summed E-state index contributed by atoms with van der Waals surface area (Å²) in [5.74, 6) is -3.03. The number of Topliss-reactive ketones (excluding diaryl/α,β-unsaturated/α-hetero) is 1. The van der Waals surface area contributed by atoms with Gasteiger partial charge in [0.1, 0.15) is 9.77 Å². The highest BCUT2D eigenvalue weighted by Gasteiger charge is 2.27. The molecule has 30 heavy (non-hydrogen) atoms. The molecule has 0 aliphatic rings. The first-order valence-corrected chi connectivity index (χ1v) is 10.3. The van der Waals surface area contributed by atoms with E-state index in [1.165, 1.54) is 0 Å². The van der Waals surface area contributed by atoms with Crippen LogP contribution in [0, 0.1) is 27.4 Å². The highest BCUT2D eigenvalue weighted by Crippen LogP contribution is 2.29. The first-order valence-electron chi connectivity index (χ1n) is 14.0. The number of hydrogen-bond acceptors (Lipinski definition) is 7. The molecule has 0 aliphatic carbocycles. The molecule has 158 valence electrons. The number of benzene rings is 1. The summed E-state index contributed by atoms with van der Waals surface area (Å²) in [5, 5.41) is 6.55. The molecular formula is C20H21N3O5S2. The van der Waals surface area contributed by atoms with Gasteiger partial charge in [0.15, 0.2) is 5.78 Å². The second kappa shape index (κ2) is 8.04. The first-order chi connectivity index (χ1) is 18.9. The van der Waals surface area contributed by atoms with Crippen LogP contribution in [0.5, 0.6) is 0 Å². The van der Waals surface area contributed by atoms with Crippen molar-refractivity contribution in [2.24, 2.45) is 0 Å². The maximum absolute atomic E-state index is 13.3. The molecule has 0 bridgehead atoms. The number of nitrogens with zero attached hydrogens (tertiary/aromatic N) is 1. The van der Waals surface area contributed by atoms with Crippen LogP contribution in [-0.4, -0.2) is 25.3 Å². The van der Waals surface area contributed by atoms with Crippen LogP contribution in [0.3, 0.4) is 0 Å². The number of aryl methyl sites for hydroxylation is 3. The van der Waals surface area contributed by atoms with Crippen LogP contribution < -0.4 is 10.0 Å². The minimum absolute atomic E-state index is 0.455. The van der Waals surface area contributed by atoms with Crippen LogP contribution >= 0.6 is 11.3 Å². The van der Waals surface area contributed by atoms with Gasteiger partial charge in [-0.15, -0.1) is 11.3 Å². The van der Waals surface area contributed by atoms with E-state index in [0.29, 0.717) is 11.3 Å². The Kier molecular flexibility index (Phi) is 2.91. The Labute approximate surface area is 195 Å². The van der Waals surface area contributed by atoms with Gasteiger partial charge in [0, 0.05) is 27.6 Å². The van der Waals surface area contributed by atoms with Gasteiger partial charge in [0.2, 0.25) is 5.88 Å². The molecule has 0 saturated heterocycles. The molecule has 1 aromatic carbocycles. The lowest BCUT2D eigenvalue weighted by molar-refractivity contribution is 0.101. The first kappa shape index (κ1) is 10.9. The van der Waals surface area contributed by atoms with Gasteiger partial charge < -0.3 is 9.84 Å². The Morgan fingerprint density at radius 3 is 2.70 bits per heavy atom. The van der Waals surface area contributed by atoms with E-state index in [2.05, 4.69) is 10.5 Å². The van der Waals surface area contributed by atoms with Crippen LogP contribution in [0.2, 0.25) is 0 Å². The fraction of sp³-hybridized carbons (Fsp3) is 0.250. The highest BCUT2D eigenvalue weighted by molar-refractivity contribution is 7.93. The fourth-order valence-corrected chi connectivity index (χ4v) is 4.76. The van der Waals surface area contributed by atoms with E-state index in [1.54, 1.807) is 4.72 Å². The number of sulfonamides is 1. The molecule has 0 spiro atoms. The van der Waals surface area contributed by atoms with Crippen LogP contribution in [0.1, 0.15) is 65.8 Å². The van der Waals surface area contributed by atoms with Gasteiger partial charge in [-0.3, -0.25) is 9.59 Å². The minimum atomic E-state index is -4.86. The monoisotopic (exact) mass is 459 g/mol. The summed E-state index contributed by atoms with van der Waals surface area (Å²) in [4.78, 5) is 24.4. The van der Waals surface area contributed by atoms with Crippen molar-refractivity contribution in [1.29, 1.82) is 0 Å². The Balaban J connectivity index is 2.10. The fourth-order valence-electron chi connectivity index (χ4n) is 2.44. The van der Waals surface area contributed by atoms with E-state index >= 15 is 0 Å². The zero-order valence-corrected chi connectivity index (χ0v) is 16.7. The average Bonchev–Trinajstić information content (AvgIpc) is 3.44. The van der Waals surface area contributed by atoms with Crippen molar-refractivity contribution in [2.75, 3.05) is 10.0 Å². The van der Waals surface area contributed by atoms with Gasteiger partial charge in [0.25, 0.3) is 15.9 Å². The quantitative estimate of drug-likeness (QED) is 0.533. The Bertz CT molecular complexity index is 1650. The number of hydrogen-bond donors (Lipinski definition) is 2. The largest absolute Gasteiger partial charge is 0.337 e. The van der Waals surface area contributed by atoms with E-state index in [1.807, 2.05) is 0 Å². The molecule has 10 heteroatoms. The van der Waals surface area contributed by atoms with Crippen molar-refractivity contribution < 1.29 is 39.0 Å². The zero-order chi connectivity index (χ0) is 32.2. The smallest absolute Gasteiger partial charge is 0.267 e. The lowest BCUT2D eigenvalue weighted by atomic mass is 10.0.